The van der Waals surface area contributed by atoms with Crippen molar-refractivity contribution in [3.63, 3.8) is 0 Å². The van der Waals surface area contributed by atoms with E-state index in [-0.39, 0.29) is 11.8 Å². The summed E-state index contributed by atoms with van der Waals surface area (Å²) in [5, 5.41) is 0. The number of anilines is 1. The molecule has 0 N–H and O–H groups in total. The highest BCUT2D eigenvalue weighted by atomic mass is 19.1. The van der Waals surface area contributed by atoms with Crippen molar-refractivity contribution >= 4 is 17.2 Å². The molecule has 0 spiro atoms. The quantitative estimate of drug-likeness (QED) is 0.742. The van der Waals surface area contributed by atoms with Crippen molar-refractivity contribution in [2.24, 2.45) is 5.92 Å². The Morgan fingerprint density at radius 1 is 1.43 bits per heavy atom. The molecule has 2 atom stereocenters. The zero-order valence-corrected chi connectivity index (χ0v) is 12.4. The second-order valence-corrected chi connectivity index (χ2v) is 5.84. The number of carbonyl (C=O) groups is 1. The first-order valence-electron chi connectivity index (χ1n) is 7.42. The van der Waals surface area contributed by atoms with Crippen LogP contribution < -0.4 is 4.90 Å². The van der Waals surface area contributed by atoms with E-state index in [9.17, 15) is 9.18 Å². The molecule has 1 unspecified atom stereocenters. The maximum absolute atomic E-state index is 14.3. The number of nitrogens with zero attached hydrogens (tertiary/aromatic N) is 1. The number of benzene rings is 1. The van der Waals surface area contributed by atoms with Crippen molar-refractivity contribution in [1.29, 1.82) is 0 Å². The number of hydrogen-bond acceptors (Lipinski definition) is 2. The molecule has 0 saturated heterocycles. The largest absolute Gasteiger partial charge is 0.377 e. The van der Waals surface area contributed by atoms with Crippen molar-refractivity contribution in [2.45, 2.75) is 33.0 Å². The summed E-state index contributed by atoms with van der Waals surface area (Å²) in [6, 6.07) is 5.96. The van der Waals surface area contributed by atoms with Gasteiger partial charge < -0.3 is 4.74 Å². The van der Waals surface area contributed by atoms with Crippen LogP contribution >= 0.6 is 0 Å². The normalized spacial score (nSPS) is 25.3. The molecular weight excluding hydrogens is 269 g/mol. The molecule has 2 aliphatic heterocycles. The van der Waals surface area contributed by atoms with E-state index in [1.54, 1.807) is 0 Å². The van der Waals surface area contributed by atoms with Gasteiger partial charge in [-0.15, -0.1) is 0 Å². The van der Waals surface area contributed by atoms with Gasteiger partial charge >= 0.3 is 0 Å². The van der Waals surface area contributed by atoms with Gasteiger partial charge in [0.1, 0.15) is 0 Å². The summed E-state index contributed by atoms with van der Waals surface area (Å²) in [7, 11) is 0. The third kappa shape index (κ3) is 2.60. The van der Waals surface area contributed by atoms with Gasteiger partial charge in [0.2, 0.25) is 5.91 Å². The number of halogens is 1. The average Bonchev–Trinajstić information content (AvgIpc) is 2.48. The van der Waals surface area contributed by atoms with Crippen LogP contribution in [-0.4, -0.2) is 25.4 Å². The minimum absolute atomic E-state index is 0.180. The lowest BCUT2D eigenvalue weighted by Gasteiger charge is -2.36. The number of rotatable bonds is 1. The maximum atomic E-state index is 14.3. The third-order valence-corrected chi connectivity index (χ3v) is 4.27. The Kier molecular flexibility index (Phi) is 3.81. The molecule has 3 nitrogen and oxygen atoms in total. The fraction of sp³-hybridized carbons (Fsp3) is 0.471. The first-order chi connectivity index (χ1) is 10.1. The summed E-state index contributed by atoms with van der Waals surface area (Å²) in [6.07, 6.45) is 2.43. The van der Waals surface area contributed by atoms with Crippen molar-refractivity contribution in [1.82, 2.24) is 0 Å². The molecule has 21 heavy (non-hydrogen) atoms. The lowest BCUT2D eigenvalue weighted by molar-refractivity contribution is -0.118. The second kappa shape index (κ2) is 5.60. The summed E-state index contributed by atoms with van der Waals surface area (Å²) in [5.74, 6) is -0.423. The predicted molar refractivity (Wildman–Crippen MR) is 80.8 cm³/mol. The highest BCUT2D eigenvalue weighted by Gasteiger charge is 2.34. The molecule has 0 radical (unpaired) electrons. The van der Waals surface area contributed by atoms with Crippen LogP contribution in [0.2, 0.25) is 0 Å². The van der Waals surface area contributed by atoms with Crippen LogP contribution in [0, 0.1) is 5.92 Å². The van der Waals surface area contributed by atoms with E-state index in [0.29, 0.717) is 18.7 Å². The summed E-state index contributed by atoms with van der Waals surface area (Å²) in [6.45, 7) is 4.66. The van der Waals surface area contributed by atoms with Gasteiger partial charge in [-0.3, -0.25) is 9.69 Å². The van der Waals surface area contributed by atoms with Gasteiger partial charge in [0.15, 0.2) is 6.30 Å². The lowest BCUT2D eigenvalue weighted by atomic mass is 9.89. The van der Waals surface area contributed by atoms with Gasteiger partial charge in [-0.25, -0.2) is 4.39 Å². The molecule has 0 bridgehead atoms. The topological polar surface area (TPSA) is 29.5 Å². The van der Waals surface area contributed by atoms with Crippen molar-refractivity contribution in [3.8, 4) is 0 Å². The number of amides is 1. The monoisotopic (exact) mass is 289 g/mol. The minimum atomic E-state index is -1.23. The summed E-state index contributed by atoms with van der Waals surface area (Å²) < 4.78 is 19.6. The number of carbonyl (C=O) groups excluding carboxylic acids is 1. The van der Waals surface area contributed by atoms with Gasteiger partial charge in [0.25, 0.3) is 0 Å². The first kappa shape index (κ1) is 14.3. The Morgan fingerprint density at radius 2 is 2.24 bits per heavy atom. The number of ether oxygens (including phenoxy) is 1. The second-order valence-electron chi connectivity index (χ2n) is 5.84. The Balaban J connectivity index is 2.00. The van der Waals surface area contributed by atoms with Gasteiger partial charge in [-0.1, -0.05) is 19.1 Å². The van der Waals surface area contributed by atoms with Crippen molar-refractivity contribution < 1.29 is 13.9 Å². The van der Waals surface area contributed by atoms with E-state index < -0.39 is 6.30 Å². The molecule has 3 rings (SSSR count). The smallest absolute Gasteiger partial charge is 0.226 e. The first-order valence-corrected chi connectivity index (χ1v) is 7.42. The molecule has 0 fully saturated rings. The highest BCUT2D eigenvalue weighted by Crippen LogP contribution is 2.36. The van der Waals surface area contributed by atoms with Crippen LogP contribution in [0.1, 0.15) is 31.4 Å². The fourth-order valence-corrected chi connectivity index (χ4v) is 3.15. The molecular formula is C17H20FNO2. The molecule has 1 amide bonds. The molecule has 112 valence electrons. The zero-order valence-electron chi connectivity index (χ0n) is 12.4. The van der Waals surface area contributed by atoms with E-state index in [1.165, 1.54) is 17.4 Å². The van der Waals surface area contributed by atoms with E-state index in [0.717, 1.165) is 24.2 Å². The van der Waals surface area contributed by atoms with Gasteiger partial charge in [-0.05, 0) is 41.7 Å². The van der Waals surface area contributed by atoms with Crippen molar-refractivity contribution in [3.05, 3.63) is 35.4 Å². The summed E-state index contributed by atoms with van der Waals surface area (Å²) in [4.78, 5) is 13.0. The summed E-state index contributed by atoms with van der Waals surface area (Å²) >= 11 is 0. The molecule has 0 saturated carbocycles. The van der Waals surface area contributed by atoms with Crippen LogP contribution in [0.3, 0.4) is 0 Å². The SMILES string of the molecule is CC(=O)N1c2ccc(C3=CCOCC3)cc2CC(C)[C@@H]1F. The molecule has 1 aromatic rings. The number of alkyl halides is 1. The molecule has 2 aliphatic rings. The third-order valence-electron chi connectivity index (χ3n) is 4.27. The number of fused-ring (bicyclic) bond motifs is 1. The summed E-state index contributed by atoms with van der Waals surface area (Å²) in [5.41, 5.74) is 4.19. The average molecular weight is 289 g/mol. The maximum Gasteiger partial charge on any atom is 0.226 e. The Hall–Kier alpha value is -1.68. The van der Waals surface area contributed by atoms with Crippen LogP contribution in [0.25, 0.3) is 5.57 Å². The standard InChI is InChI=1S/C17H20FNO2/c1-11-9-15-10-14(13-5-7-21-8-6-13)3-4-16(15)19(12(2)20)17(11)18/h3-5,10-11,17H,6-9H2,1-2H3/t11?,17-/m1/s1. The Morgan fingerprint density at radius 3 is 2.90 bits per heavy atom. The van der Waals surface area contributed by atoms with Crippen LogP contribution in [-0.2, 0) is 16.0 Å². The van der Waals surface area contributed by atoms with Crippen LogP contribution in [0.4, 0.5) is 10.1 Å². The van der Waals surface area contributed by atoms with Crippen molar-refractivity contribution in [2.75, 3.05) is 18.1 Å². The van der Waals surface area contributed by atoms with E-state index in [1.807, 2.05) is 19.1 Å². The van der Waals surface area contributed by atoms with Crippen LogP contribution in [0.5, 0.6) is 0 Å². The predicted octanol–water partition coefficient (Wildman–Crippen LogP) is 3.33. The molecule has 0 aromatic heterocycles. The van der Waals surface area contributed by atoms with E-state index in [4.69, 9.17) is 4.74 Å². The minimum Gasteiger partial charge on any atom is -0.377 e. The van der Waals surface area contributed by atoms with E-state index >= 15 is 0 Å². The van der Waals surface area contributed by atoms with Crippen LogP contribution in [0.15, 0.2) is 24.3 Å². The Bertz CT molecular complexity index is 596. The van der Waals surface area contributed by atoms with Gasteiger partial charge in [0, 0.05) is 18.5 Å². The Labute approximate surface area is 124 Å². The number of hydrogen-bond donors (Lipinski definition) is 0. The lowest BCUT2D eigenvalue weighted by Crippen LogP contribution is -2.44. The molecule has 1 aromatic carbocycles. The highest BCUT2D eigenvalue weighted by molar-refractivity contribution is 5.93. The molecule has 4 heteroatoms. The fourth-order valence-electron chi connectivity index (χ4n) is 3.15. The van der Waals surface area contributed by atoms with Gasteiger partial charge in [0.05, 0.1) is 13.2 Å². The zero-order chi connectivity index (χ0) is 15.0. The molecule has 0 aliphatic carbocycles. The van der Waals surface area contributed by atoms with Gasteiger partial charge in [-0.2, -0.15) is 0 Å². The molecule has 2 heterocycles. The van der Waals surface area contributed by atoms with E-state index in [2.05, 4.69) is 12.1 Å².